The summed E-state index contributed by atoms with van der Waals surface area (Å²) < 4.78 is 0. The molecule has 1 N–H and O–H groups in total. The maximum Gasteiger partial charge on any atom is 0.236 e. The molecule has 0 spiro atoms. The lowest BCUT2D eigenvalue weighted by molar-refractivity contribution is -0.131. The molecule has 0 unspecified atom stereocenters. The van der Waals surface area contributed by atoms with Crippen molar-refractivity contribution in [3.05, 3.63) is 0 Å². The van der Waals surface area contributed by atoms with Gasteiger partial charge in [-0.05, 0) is 44.9 Å². The van der Waals surface area contributed by atoms with Gasteiger partial charge < -0.3 is 10.2 Å². The van der Waals surface area contributed by atoms with Crippen LogP contribution in [0.25, 0.3) is 0 Å². The van der Waals surface area contributed by atoms with Crippen molar-refractivity contribution in [1.82, 2.24) is 10.2 Å². The van der Waals surface area contributed by atoms with E-state index in [-0.39, 0.29) is 0 Å². The minimum Gasteiger partial charge on any atom is -0.342 e. The second kappa shape index (κ2) is 7.13. The van der Waals surface area contributed by atoms with Gasteiger partial charge in [-0.15, -0.1) is 0 Å². The van der Waals surface area contributed by atoms with Crippen LogP contribution in [-0.4, -0.2) is 36.5 Å². The molecule has 3 nitrogen and oxygen atoms in total. The topological polar surface area (TPSA) is 32.3 Å². The summed E-state index contributed by atoms with van der Waals surface area (Å²) in [5.74, 6) is 1.09. The summed E-state index contributed by atoms with van der Waals surface area (Å²) in [7, 11) is 0. The third kappa shape index (κ3) is 3.98. The zero-order valence-electron chi connectivity index (χ0n) is 11.8. The Morgan fingerprint density at radius 2 is 1.72 bits per heavy atom. The molecule has 1 heterocycles. The number of piperidine rings is 1. The summed E-state index contributed by atoms with van der Waals surface area (Å²) in [6.07, 6.45) is 10.5. The summed E-state index contributed by atoms with van der Waals surface area (Å²) >= 11 is 0. The maximum atomic E-state index is 12.0. The van der Waals surface area contributed by atoms with Gasteiger partial charge in [0.25, 0.3) is 0 Å². The number of likely N-dealkylation sites (tertiary alicyclic amines) is 1. The molecule has 0 radical (unpaired) electrons. The number of hydrogen-bond donors (Lipinski definition) is 1. The summed E-state index contributed by atoms with van der Waals surface area (Å²) in [5, 5.41) is 3.46. The zero-order chi connectivity index (χ0) is 12.8. The monoisotopic (exact) mass is 252 g/mol. The molecule has 3 heteroatoms. The lowest BCUT2D eigenvalue weighted by Gasteiger charge is -2.30. The molecule has 0 aromatic carbocycles. The summed E-state index contributed by atoms with van der Waals surface area (Å²) in [6, 6.07) is 0.499. The lowest BCUT2D eigenvalue weighted by Crippen LogP contribution is -2.45. The number of amides is 1. The van der Waals surface area contributed by atoms with Crippen molar-refractivity contribution in [3.8, 4) is 0 Å². The number of hydrogen-bond acceptors (Lipinski definition) is 2. The first-order chi connectivity index (χ1) is 8.77. The predicted octanol–water partition coefficient (Wildman–Crippen LogP) is 2.56. The minimum atomic E-state index is 0.303. The first-order valence-corrected chi connectivity index (χ1v) is 7.78. The van der Waals surface area contributed by atoms with E-state index in [1.807, 2.05) is 4.90 Å². The number of rotatable bonds is 4. The van der Waals surface area contributed by atoms with Gasteiger partial charge in [-0.3, -0.25) is 4.79 Å². The van der Waals surface area contributed by atoms with Crippen molar-refractivity contribution >= 4 is 5.91 Å². The highest BCUT2D eigenvalue weighted by Crippen LogP contribution is 2.26. The summed E-state index contributed by atoms with van der Waals surface area (Å²) in [6.45, 7) is 4.73. The van der Waals surface area contributed by atoms with Gasteiger partial charge in [0.2, 0.25) is 5.91 Å². The van der Waals surface area contributed by atoms with Crippen LogP contribution in [0.15, 0.2) is 0 Å². The average molecular weight is 252 g/mol. The molecule has 2 rings (SSSR count). The molecule has 1 saturated heterocycles. The van der Waals surface area contributed by atoms with Gasteiger partial charge >= 0.3 is 0 Å². The van der Waals surface area contributed by atoms with E-state index in [1.165, 1.54) is 51.4 Å². The molecule has 1 aliphatic heterocycles. The Kier molecular flexibility index (Phi) is 5.48. The average Bonchev–Trinajstić information content (AvgIpc) is 2.46. The van der Waals surface area contributed by atoms with Gasteiger partial charge in [-0.2, -0.15) is 0 Å². The Morgan fingerprint density at radius 3 is 2.39 bits per heavy atom. The van der Waals surface area contributed by atoms with Crippen LogP contribution in [0.1, 0.15) is 58.3 Å². The Balaban J connectivity index is 1.67. The highest BCUT2D eigenvalue weighted by molar-refractivity contribution is 5.78. The SMILES string of the molecule is C[C@@H](NCC(=O)N1CCCCC1)C1CCCCC1. The van der Waals surface area contributed by atoms with E-state index in [9.17, 15) is 4.79 Å². The van der Waals surface area contributed by atoms with Crippen LogP contribution in [0.5, 0.6) is 0 Å². The molecular weight excluding hydrogens is 224 g/mol. The van der Waals surface area contributed by atoms with E-state index in [0.29, 0.717) is 18.5 Å². The molecule has 1 atom stereocenters. The predicted molar refractivity (Wildman–Crippen MR) is 74.5 cm³/mol. The van der Waals surface area contributed by atoms with Crippen molar-refractivity contribution in [1.29, 1.82) is 0 Å². The maximum absolute atomic E-state index is 12.0. The Bertz CT molecular complexity index is 255. The standard InChI is InChI=1S/C15H28N2O/c1-13(14-8-4-2-5-9-14)16-12-15(18)17-10-6-3-7-11-17/h13-14,16H,2-12H2,1H3/t13-/m1/s1. The number of carbonyl (C=O) groups is 1. The fraction of sp³-hybridized carbons (Fsp3) is 0.933. The largest absolute Gasteiger partial charge is 0.342 e. The molecule has 0 aromatic rings. The van der Waals surface area contributed by atoms with E-state index in [2.05, 4.69) is 12.2 Å². The van der Waals surface area contributed by atoms with Gasteiger partial charge in [0.05, 0.1) is 6.54 Å². The highest BCUT2D eigenvalue weighted by Gasteiger charge is 2.21. The molecule has 1 aliphatic carbocycles. The van der Waals surface area contributed by atoms with Crippen LogP contribution in [-0.2, 0) is 4.79 Å². The van der Waals surface area contributed by atoms with Crippen molar-refractivity contribution in [3.63, 3.8) is 0 Å². The molecule has 104 valence electrons. The van der Waals surface area contributed by atoms with Crippen molar-refractivity contribution in [2.75, 3.05) is 19.6 Å². The van der Waals surface area contributed by atoms with Crippen LogP contribution < -0.4 is 5.32 Å². The second-order valence-electron chi connectivity index (χ2n) is 6.01. The normalized spacial score (nSPS) is 23.9. The van der Waals surface area contributed by atoms with Crippen molar-refractivity contribution in [2.45, 2.75) is 64.3 Å². The first kappa shape index (κ1) is 13.9. The number of nitrogens with one attached hydrogen (secondary N) is 1. The fourth-order valence-corrected chi connectivity index (χ4v) is 3.30. The second-order valence-corrected chi connectivity index (χ2v) is 6.01. The molecule has 1 saturated carbocycles. The molecule has 1 amide bonds. The lowest BCUT2D eigenvalue weighted by atomic mass is 9.84. The van der Waals surface area contributed by atoms with Crippen LogP contribution >= 0.6 is 0 Å². The number of nitrogens with zero attached hydrogens (tertiary/aromatic N) is 1. The summed E-state index contributed by atoms with van der Waals surface area (Å²) in [4.78, 5) is 14.1. The van der Waals surface area contributed by atoms with Crippen LogP contribution in [0.3, 0.4) is 0 Å². The summed E-state index contributed by atoms with van der Waals surface area (Å²) in [5.41, 5.74) is 0. The quantitative estimate of drug-likeness (QED) is 0.834. The molecule has 0 bridgehead atoms. The van der Waals surface area contributed by atoms with Gasteiger partial charge in [0, 0.05) is 19.1 Å². The van der Waals surface area contributed by atoms with Gasteiger partial charge in [0.15, 0.2) is 0 Å². The molecule has 2 fully saturated rings. The molecule has 18 heavy (non-hydrogen) atoms. The van der Waals surface area contributed by atoms with Gasteiger partial charge in [0.1, 0.15) is 0 Å². The van der Waals surface area contributed by atoms with E-state index in [4.69, 9.17) is 0 Å². The third-order valence-corrected chi connectivity index (χ3v) is 4.64. The van der Waals surface area contributed by atoms with Crippen LogP contribution in [0, 0.1) is 5.92 Å². The Morgan fingerprint density at radius 1 is 1.11 bits per heavy atom. The van der Waals surface area contributed by atoms with Crippen LogP contribution in [0.2, 0.25) is 0 Å². The van der Waals surface area contributed by atoms with Crippen molar-refractivity contribution in [2.24, 2.45) is 5.92 Å². The Labute approximate surface area is 111 Å². The zero-order valence-corrected chi connectivity index (χ0v) is 11.8. The number of carbonyl (C=O) groups excluding carboxylic acids is 1. The first-order valence-electron chi connectivity index (χ1n) is 7.78. The third-order valence-electron chi connectivity index (χ3n) is 4.64. The van der Waals surface area contributed by atoms with Gasteiger partial charge in [-0.25, -0.2) is 0 Å². The van der Waals surface area contributed by atoms with E-state index >= 15 is 0 Å². The Hall–Kier alpha value is -0.570. The van der Waals surface area contributed by atoms with E-state index < -0.39 is 0 Å². The fourth-order valence-electron chi connectivity index (χ4n) is 3.30. The highest BCUT2D eigenvalue weighted by atomic mass is 16.2. The molecule has 2 aliphatic rings. The molecule has 0 aromatic heterocycles. The van der Waals surface area contributed by atoms with Gasteiger partial charge in [-0.1, -0.05) is 19.3 Å². The van der Waals surface area contributed by atoms with E-state index in [1.54, 1.807) is 0 Å². The smallest absolute Gasteiger partial charge is 0.236 e. The van der Waals surface area contributed by atoms with E-state index in [0.717, 1.165) is 19.0 Å². The van der Waals surface area contributed by atoms with Crippen molar-refractivity contribution < 1.29 is 4.79 Å². The van der Waals surface area contributed by atoms with Crippen LogP contribution in [0.4, 0.5) is 0 Å². The minimum absolute atomic E-state index is 0.303. The molecular formula is C15H28N2O.